The van der Waals surface area contributed by atoms with E-state index >= 15 is 0 Å². The van der Waals surface area contributed by atoms with E-state index in [0.717, 1.165) is 11.5 Å². The normalized spacial score (nSPS) is 10.8. The van der Waals surface area contributed by atoms with Crippen LogP contribution in [-0.4, -0.2) is 21.3 Å². The summed E-state index contributed by atoms with van der Waals surface area (Å²) in [6, 6.07) is 6.38. The molecule has 0 saturated carbocycles. The quantitative estimate of drug-likeness (QED) is 0.878. The van der Waals surface area contributed by atoms with E-state index in [-0.39, 0.29) is 6.61 Å². The Labute approximate surface area is 102 Å². The van der Waals surface area contributed by atoms with E-state index in [0.29, 0.717) is 6.42 Å². The molecule has 17 heavy (non-hydrogen) atoms. The zero-order valence-electron chi connectivity index (χ0n) is 10.6. The summed E-state index contributed by atoms with van der Waals surface area (Å²) in [7, 11) is 1.96. The number of imidazole rings is 1. The van der Waals surface area contributed by atoms with Gasteiger partial charge in [-0.2, -0.15) is 0 Å². The van der Waals surface area contributed by atoms with E-state index in [4.69, 9.17) is 5.11 Å². The molecular weight excluding hydrogens is 212 g/mol. The summed E-state index contributed by atoms with van der Waals surface area (Å²) in [5.74, 6) is 0.920. The Balaban J connectivity index is 2.45. The van der Waals surface area contributed by atoms with Gasteiger partial charge >= 0.3 is 0 Å². The van der Waals surface area contributed by atoms with Crippen molar-refractivity contribution in [3.63, 3.8) is 0 Å². The van der Waals surface area contributed by atoms with Crippen LogP contribution in [0.5, 0.6) is 0 Å². The van der Waals surface area contributed by atoms with Crippen molar-refractivity contribution in [2.45, 2.75) is 20.3 Å². The van der Waals surface area contributed by atoms with Gasteiger partial charge in [-0.1, -0.05) is 17.7 Å². The molecule has 0 radical (unpaired) electrons. The van der Waals surface area contributed by atoms with E-state index in [1.54, 1.807) is 0 Å². The zero-order valence-corrected chi connectivity index (χ0v) is 10.6. The highest BCUT2D eigenvalue weighted by atomic mass is 16.3. The van der Waals surface area contributed by atoms with Crippen molar-refractivity contribution >= 4 is 0 Å². The Kier molecular flexibility index (Phi) is 3.29. The topological polar surface area (TPSA) is 38.0 Å². The van der Waals surface area contributed by atoms with Crippen LogP contribution in [0.1, 0.15) is 17.0 Å². The number of aryl methyl sites for hydroxylation is 3. The fourth-order valence-corrected chi connectivity index (χ4v) is 1.98. The molecule has 1 N–H and O–H groups in total. The number of aliphatic hydroxyl groups is 1. The summed E-state index contributed by atoms with van der Waals surface area (Å²) in [5, 5.41) is 8.97. The molecule has 2 aromatic rings. The Morgan fingerprint density at radius 2 is 2.06 bits per heavy atom. The lowest BCUT2D eigenvalue weighted by Gasteiger charge is -2.03. The molecule has 0 bridgehead atoms. The largest absolute Gasteiger partial charge is 0.396 e. The lowest BCUT2D eigenvalue weighted by atomic mass is 10.0. The van der Waals surface area contributed by atoms with E-state index in [9.17, 15) is 0 Å². The van der Waals surface area contributed by atoms with Crippen LogP contribution < -0.4 is 0 Å². The molecule has 3 nitrogen and oxygen atoms in total. The molecule has 0 aliphatic rings. The van der Waals surface area contributed by atoms with Crippen LogP contribution >= 0.6 is 0 Å². The predicted octanol–water partition coefficient (Wildman–Crippen LogP) is 2.24. The van der Waals surface area contributed by atoms with Gasteiger partial charge in [0.05, 0.1) is 12.3 Å². The number of nitrogens with zero attached hydrogens (tertiary/aromatic N) is 2. The third-order valence-electron chi connectivity index (χ3n) is 2.98. The summed E-state index contributed by atoms with van der Waals surface area (Å²) in [6.07, 6.45) is 2.62. The average molecular weight is 230 g/mol. The van der Waals surface area contributed by atoms with Crippen molar-refractivity contribution in [2.75, 3.05) is 6.61 Å². The highest BCUT2D eigenvalue weighted by molar-refractivity contribution is 5.64. The number of aliphatic hydroxyl groups excluding tert-OH is 1. The second-order valence-corrected chi connectivity index (χ2v) is 4.45. The molecule has 1 heterocycles. The Bertz CT molecular complexity index is 529. The third kappa shape index (κ3) is 2.39. The summed E-state index contributed by atoms with van der Waals surface area (Å²) in [6.45, 7) is 4.31. The lowest BCUT2D eigenvalue weighted by molar-refractivity contribution is 0.295. The minimum Gasteiger partial charge on any atom is -0.396 e. The van der Waals surface area contributed by atoms with E-state index in [1.807, 2.05) is 17.8 Å². The SMILES string of the molecule is Cc1ccc(C)c(-c2cn(C)c(CCO)n2)c1. The monoisotopic (exact) mass is 230 g/mol. The molecule has 0 fully saturated rings. The standard InChI is InChI=1S/C14H18N2O/c1-10-4-5-11(2)12(8-10)13-9-16(3)14(15-13)6-7-17/h4-5,8-9,17H,6-7H2,1-3H3. The maximum Gasteiger partial charge on any atom is 0.111 e. The zero-order chi connectivity index (χ0) is 12.4. The number of aromatic nitrogens is 2. The molecule has 2 rings (SSSR count). The van der Waals surface area contributed by atoms with Gasteiger partial charge in [-0.3, -0.25) is 0 Å². The smallest absolute Gasteiger partial charge is 0.111 e. The number of hydrogen-bond acceptors (Lipinski definition) is 2. The minimum atomic E-state index is 0.136. The Morgan fingerprint density at radius 1 is 1.29 bits per heavy atom. The van der Waals surface area contributed by atoms with E-state index < -0.39 is 0 Å². The summed E-state index contributed by atoms with van der Waals surface area (Å²) < 4.78 is 1.98. The fourth-order valence-electron chi connectivity index (χ4n) is 1.98. The molecule has 0 spiro atoms. The first-order valence-corrected chi connectivity index (χ1v) is 5.82. The van der Waals surface area contributed by atoms with Crippen LogP contribution in [0, 0.1) is 13.8 Å². The third-order valence-corrected chi connectivity index (χ3v) is 2.98. The second-order valence-electron chi connectivity index (χ2n) is 4.45. The van der Waals surface area contributed by atoms with Crippen molar-refractivity contribution in [1.82, 2.24) is 9.55 Å². The lowest BCUT2D eigenvalue weighted by Crippen LogP contribution is -1.99. The van der Waals surface area contributed by atoms with Crippen LogP contribution in [0.3, 0.4) is 0 Å². The van der Waals surface area contributed by atoms with Gasteiger partial charge in [0.1, 0.15) is 5.82 Å². The van der Waals surface area contributed by atoms with Gasteiger partial charge in [-0.05, 0) is 25.5 Å². The molecular formula is C14H18N2O. The van der Waals surface area contributed by atoms with Gasteiger partial charge < -0.3 is 9.67 Å². The maximum atomic E-state index is 8.97. The molecule has 0 atom stereocenters. The van der Waals surface area contributed by atoms with Gasteiger partial charge in [0.2, 0.25) is 0 Å². The van der Waals surface area contributed by atoms with Crippen molar-refractivity contribution in [1.29, 1.82) is 0 Å². The van der Waals surface area contributed by atoms with Crippen molar-refractivity contribution in [3.8, 4) is 11.3 Å². The number of benzene rings is 1. The molecule has 3 heteroatoms. The van der Waals surface area contributed by atoms with Crippen molar-refractivity contribution in [3.05, 3.63) is 41.3 Å². The highest BCUT2D eigenvalue weighted by Gasteiger charge is 2.09. The molecule has 0 saturated heterocycles. The van der Waals surface area contributed by atoms with Crippen LogP contribution in [0.15, 0.2) is 24.4 Å². The molecule has 0 amide bonds. The van der Waals surface area contributed by atoms with Gasteiger partial charge in [-0.25, -0.2) is 4.98 Å². The molecule has 90 valence electrons. The summed E-state index contributed by atoms with van der Waals surface area (Å²) in [5.41, 5.74) is 4.62. The van der Waals surface area contributed by atoms with Crippen molar-refractivity contribution < 1.29 is 5.11 Å². The molecule has 1 aromatic carbocycles. The highest BCUT2D eigenvalue weighted by Crippen LogP contribution is 2.23. The number of rotatable bonds is 3. The van der Waals surface area contributed by atoms with Crippen molar-refractivity contribution in [2.24, 2.45) is 7.05 Å². The Morgan fingerprint density at radius 3 is 2.76 bits per heavy atom. The van der Waals surface area contributed by atoms with Crippen LogP contribution in [0.4, 0.5) is 0 Å². The van der Waals surface area contributed by atoms with Gasteiger partial charge in [-0.15, -0.1) is 0 Å². The first-order valence-electron chi connectivity index (χ1n) is 5.82. The van der Waals surface area contributed by atoms with Crippen LogP contribution in [0.2, 0.25) is 0 Å². The fraction of sp³-hybridized carbons (Fsp3) is 0.357. The van der Waals surface area contributed by atoms with E-state index in [1.165, 1.54) is 16.7 Å². The van der Waals surface area contributed by atoms with Crippen LogP contribution in [-0.2, 0) is 13.5 Å². The first-order chi connectivity index (χ1) is 8.11. The van der Waals surface area contributed by atoms with Crippen LogP contribution in [0.25, 0.3) is 11.3 Å². The summed E-state index contributed by atoms with van der Waals surface area (Å²) >= 11 is 0. The minimum absolute atomic E-state index is 0.136. The molecule has 1 aromatic heterocycles. The maximum absolute atomic E-state index is 8.97. The molecule has 0 aliphatic heterocycles. The first kappa shape index (κ1) is 11.9. The van der Waals surface area contributed by atoms with E-state index in [2.05, 4.69) is 37.0 Å². The molecule has 0 unspecified atom stereocenters. The molecule has 0 aliphatic carbocycles. The summed E-state index contributed by atoms with van der Waals surface area (Å²) in [4.78, 5) is 4.57. The Hall–Kier alpha value is -1.61. The van der Waals surface area contributed by atoms with Gasteiger partial charge in [0.25, 0.3) is 0 Å². The van der Waals surface area contributed by atoms with Gasteiger partial charge in [0, 0.05) is 25.2 Å². The number of hydrogen-bond donors (Lipinski definition) is 1. The predicted molar refractivity (Wildman–Crippen MR) is 68.9 cm³/mol. The second kappa shape index (κ2) is 4.72. The average Bonchev–Trinajstić information content (AvgIpc) is 2.64. The van der Waals surface area contributed by atoms with Gasteiger partial charge in [0.15, 0.2) is 0 Å².